The molecule has 0 radical (unpaired) electrons. The third-order valence-electron chi connectivity index (χ3n) is 4.75. The van der Waals surface area contributed by atoms with E-state index in [2.05, 4.69) is 4.90 Å². The molecule has 138 valence electrons. The Hall–Kier alpha value is -2.44. The Kier molecular flexibility index (Phi) is 5.54. The van der Waals surface area contributed by atoms with Crippen LogP contribution in [0.15, 0.2) is 48.5 Å². The second kappa shape index (κ2) is 7.85. The average Bonchev–Trinajstić information content (AvgIpc) is 3.05. The van der Waals surface area contributed by atoms with Crippen molar-refractivity contribution in [1.29, 1.82) is 0 Å². The van der Waals surface area contributed by atoms with Gasteiger partial charge in [-0.3, -0.25) is 4.90 Å². The van der Waals surface area contributed by atoms with E-state index in [0.717, 1.165) is 25.1 Å². The summed E-state index contributed by atoms with van der Waals surface area (Å²) in [4.78, 5) is 13.2. The van der Waals surface area contributed by atoms with Crippen LogP contribution in [0.25, 0.3) is 0 Å². The maximum absolute atomic E-state index is 13.0. The van der Waals surface area contributed by atoms with E-state index in [-0.39, 0.29) is 11.4 Å². The summed E-state index contributed by atoms with van der Waals surface area (Å²) in [7, 11) is 1.68. The highest BCUT2D eigenvalue weighted by atomic mass is 19.1. The van der Waals surface area contributed by atoms with Crippen LogP contribution in [0.1, 0.15) is 22.3 Å². The number of halogens is 1. The monoisotopic (exact) mass is 359 g/mol. The highest BCUT2D eigenvalue weighted by molar-refractivity contribution is 5.87. The SMILES string of the molecule is CO[C@]1(COc2ccc(F)cc2)CCN(Cc2ccc(C(=O)O)cc2)C1. The minimum absolute atomic E-state index is 0.286. The second-order valence-electron chi connectivity index (χ2n) is 6.59. The molecular weight excluding hydrogens is 337 g/mol. The summed E-state index contributed by atoms with van der Waals surface area (Å²) in [5, 5.41) is 8.97. The maximum Gasteiger partial charge on any atom is 0.335 e. The molecule has 0 aromatic heterocycles. The number of rotatable bonds is 7. The number of carboxylic acids is 1. The number of ether oxygens (including phenoxy) is 2. The Morgan fingerprint density at radius 1 is 1.19 bits per heavy atom. The van der Waals surface area contributed by atoms with Crippen molar-refractivity contribution in [3.63, 3.8) is 0 Å². The van der Waals surface area contributed by atoms with Crippen LogP contribution in [0.5, 0.6) is 5.75 Å². The number of carbonyl (C=O) groups is 1. The van der Waals surface area contributed by atoms with Gasteiger partial charge in [0.2, 0.25) is 0 Å². The highest BCUT2D eigenvalue weighted by Crippen LogP contribution is 2.27. The summed E-state index contributed by atoms with van der Waals surface area (Å²) in [5.74, 6) is -0.598. The van der Waals surface area contributed by atoms with Gasteiger partial charge < -0.3 is 14.6 Å². The second-order valence-corrected chi connectivity index (χ2v) is 6.59. The van der Waals surface area contributed by atoms with E-state index in [1.807, 2.05) is 12.1 Å². The van der Waals surface area contributed by atoms with E-state index in [0.29, 0.717) is 18.9 Å². The number of hydrogen-bond acceptors (Lipinski definition) is 4. The van der Waals surface area contributed by atoms with Crippen molar-refractivity contribution in [2.75, 3.05) is 26.8 Å². The molecule has 0 aliphatic carbocycles. The number of aromatic carboxylic acids is 1. The van der Waals surface area contributed by atoms with E-state index < -0.39 is 11.6 Å². The van der Waals surface area contributed by atoms with Crippen molar-refractivity contribution in [2.24, 2.45) is 0 Å². The van der Waals surface area contributed by atoms with Crippen molar-refractivity contribution in [1.82, 2.24) is 4.90 Å². The summed E-state index contributed by atoms with van der Waals surface area (Å²) in [6, 6.07) is 12.9. The molecule has 1 aliphatic rings. The first-order valence-corrected chi connectivity index (χ1v) is 8.48. The predicted octanol–water partition coefficient (Wildman–Crippen LogP) is 3.19. The van der Waals surface area contributed by atoms with Crippen LogP contribution in [0, 0.1) is 5.82 Å². The highest BCUT2D eigenvalue weighted by Gasteiger charge is 2.39. The number of benzene rings is 2. The van der Waals surface area contributed by atoms with Crippen LogP contribution in [0.2, 0.25) is 0 Å². The standard InChI is InChI=1S/C20H22FNO4/c1-25-20(14-26-18-8-6-17(21)7-9-18)10-11-22(13-20)12-15-2-4-16(5-3-15)19(23)24/h2-9H,10-14H2,1H3,(H,23,24)/t20-/m1/s1. The Morgan fingerprint density at radius 3 is 2.50 bits per heavy atom. The topological polar surface area (TPSA) is 59.0 Å². The van der Waals surface area contributed by atoms with Crippen molar-refractivity contribution >= 4 is 5.97 Å². The zero-order valence-corrected chi connectivity index (χ0v) is 14.7. The summed E-state index contributed by atoms with van der Waals surface area (Å²) >= 11 is 0. The fraction of sp³-hybridized carbons (Fsp3) is 0.350. The average molecular weight is 359 g/mol. The molecular formula is C20H22FNO4. The molecule has 0 saturated carbocycles. The molecule has 1 N–H and O–H groups in total. The van der Waals surface area contributed by atoms with Crippen molar-refractivity contribution in [2.45, 2.75) is 18.6 Å². The lowest BCUT2D eigenvalue weighted by molar-refractivity contribution is -0.0359. The molecule has 0 bridgehead atoms. The van der Waals surface area contributed by atoms with E-state index >= 15 is 0 Å². The number of methoxy groups -OCH3 is 1. The van der Waals surface area contributed by atoms with E-state index in [1.54, 1.807) is 31.4 Å². The molecule has 0 amide bonds. The van der Waals surface area contributed by atoms with Crippen LogP contribution in [-0.4, -0.2) is 48.4 Å². The normalized spacial score (nSPS) is 20.2. The molecule has 6 heteroatoms. The minimum atomic E-state index is -0.922. The number of hydrogen-bond donors (Lipinski definition) is 1. The van der Waals surface area contributed by atoms with Gasteiger partial charge in [-0.1, -0.05) is 12.1 Å². The van der Waals surface area contributed by atoms with Gasteiger partial charge in [-0.2, -0.15) is 0 Å². The predicted molar refractivity (Wildman–Crippen MR) is 94.9 cm³/mol. The zero-order valence-electron chi connectivity index (χ0n) is 14.7. The van der Waals surface area contributed by atoms with Gasteiger partial charge in [-0.25, -0.2) is 9.18 Å². The lowest BCUT2D eigenvalue weighted by Crippen LogP contribution is -2.41. The van der Waals surface area contributed by atoms with Crippen molar-refractivity contribution in [3.8, 4) is 5.75 Å². The zero-order chi connectivity index (χ0) is 18.6. The Labute approximate surface area is 152 Å². The van der Waals surface area contributed by atoms with E-state index in [1.165, 1.54) is 12.1 Å². The molecule has 0 unspecified atom stereocenters. The van der Waals surface area contributed by atoms with E-state index in [9.17, 15) is 9.18 Å². The number of likely N-dealkylation sites (tertiary alicyclic amines) is 1. The molecule has 2 aromatic rings. The molecule has 1 aliphatic heterocycles. The fourth-order valence-electron chi connectivity index (χ4n) is 3.16. The largest absolute Gasteiger partial charge is 0.491 e. The van der Waals surface area contributed by atoms with Crippen LogP contribution < -0.4 is 4.74 Å². The molecule has 0 spiro atoms. The molecule has 1 atom stereocenters. The van der Waals surface area contributed by atoms with Gasteiger partial charge in [0.05, 0.1) is 5.56 Å². The van der Waals surface area contributed by atoms with E-state index in [4.69, 9.17) is 14.6 Å². The molecule has 2 aromatic carbocycles. The number of carboxylic acid groups (broad SMARTS) is 1. The Balaban J connectivity index is 1.57. The third kappa shape index (κ3) is 4.39. The van der Waals surface area contributed by atoms with Gasteiger partial charge in [0.1, 0.15) is 23.8 Å². The fourth-order valence-corrected chi connectivity index (χ4v) is 3.16. The molecule has 1 saturated heterocycles. The third-order valence-corrected chi connectivity index (χ3v) is 4.75. The summed E-state index contributed by atoms with van der Waals surface area (Å²) in [5.41, 5.74) is 0.936. The lowest BCUT2D eigenvalue weighted by atomic mass is 10.0. The first-order valence-electron chi connectivity index (χ1n) is 8.48. The summed E-state index contributed by atoms with van der Waals surface area (Å²) in [6.45, 7) is 2.69. The van der Waals surface area contributed by atoms with Gasteiger partial charge in [0.15, 0.2) is 0 Å². The first kappa shape index (κ1) is 18.4. The molecule has 5 nitrogen and oxygen atoms in total. The van der Waals surface area contributed by atoms with Gasteiger partial charge >= 0.3 is 5.97 Å². The van der Waals surface area contributed by atoms with Gasteiger partial charge in [0, 0.05) is 26.7 Å². The Morgan fingerprint density at radius 2 is 1.88 bits per heavy atom. The smallest absolute Gasteiger partial charge is 0.335 e. The Bertz CT molecular complexity index is 747. The molecule has 1 heterocycles. The summed E-state index contributed by atoms with van der Waals surface area (Å²) in [6.07, 6.45) is 0.831. The molecule has 26 heavy (non-hydrogen) atoms. The van der Waals surface area contributed by atoms with Crippen LogP contribution >= 0.6 is 0 Å². The van der Waals surface area contributed by atoms with Crippen LogP contribution in [0.3, 0.4) is 0 Å². The van der Waals surface area contributed by atoms with Gasteiger partial charge in [-0.15, -0.1) is 0 Å². The van der Waals surface area contributed by atoms with Gasteiger partial charge in [-0.05, 0) is 48.4 Å². The number of nitrogens with zero attached hydrogens (tertiary/aromatic N) is 1. The maximum atomic E-state index is 13.0. The van der Waals surface area contributed by atoms with Gasteiger partial charge in [0.25, 0.3) is 0 Å². The van der Waals surface area contributed by atoms with Crippen molar-refractivity contribution < 1.29 is 23.8 Å². The van der Waals surface area contributed by atoms with Crippen LogP contribution in [-0.2, 0) is 11.3 Å². The first-order chi connectivity index (χ1) is 12.5. The quantitative estimate of drug-likeness (QED) is 0.823. The lowest BCUT2D eigenvalue weighted by Gasteiger charge is -2.28. The van der Waals surface area contributed by atoms with Crippen LogP contribution in [0.4, 0.5) is 4.39 Å². The summed E-state index contributed by atoms with van der Waals surface area (Å²) < 4.78 is 24.5. The van der Waals surface area contributed by atoms with Crippen molar-refractivity contribution in [3.05, 3.63) is 65.5 Å². The molecule has 1 fully saturated rings. The minimum Gasteiger partial charge on any atom is -0.491 e. The molecule has 3 rings (SSSR count).